The van der Waals surface area contributed by atoms with Gasteiger partial charge >= 0.3 is 0 Å². The summed E-state index contributed by atoms with van der Waals surface area (Å²) in [6.45, 7) is 0. The van der Waals surface area contributed by atoms with Gasteiger partial charge in [0.15, 0.2) is 5.84 Å². The van der Waals surface area contributed by atoms with Crippen LogP contribution in [0, 0.1) is 0 Å². The maximum absolute atomic E-state index is 8.84. The maximum Gasteiger partial charge on any atom is 0.170 e. The van der Waals surface area contributed by atoms with Gasteiger partial charge in [-0.25, -0.2) is 4.98 Å². The average Bonchev–Trinajstić information content (AvgIpc) is 3.03. The minimum atomic E-state index is 0.102. The van der Waals surface area contributed by atoms with E-state index in [4.69, 9.17) is 16.7 Å². The quantitative estimate of drug-likeness (QED) is 0.225. The van der Waals surface area contributed by atoms with Crippen LogP contribution in [0.5, 0.6) is 0 Å². The average molecular weight is 334 g/mol. The molecule has 0 aliphatic heterocycles. The van der Waals surface area contributed by atoms with E-state index in [-0.39, 0.29) is 5.84 Å². The molecule has 6 heteroatoms. The molecule has 0 aliphatic carbocycles. The van der Waals surface area contributed by atoms with Crippen LogP contribution in [0.2, 0.25) is 0 Å². The Labute approximate surface area is 141 Å². The van der Waals surface area contributed by atoms with Crippen molar-refractivity contribution in [1.82, 2.24) is 4.98 Å². The second kappa shape index (κ2) is 5.50. The molecule has 118 valence electrons. The van der Waals surface area contributed by atoms with E-state index in [2.05, 4.69) is 16.2 Å². The Morgan fingerprint density at radius 2 is 1.92 bits per heavy atom. The molecule has 24 heavy (non-hydrogen) atoms. The third-order valence-corrected chi connectivity index (χ3v) is 5.06. The number of thiophene rings is 1. The summed E-state index contributed by atoms with van der Waals surface area (Å²) >= 11 is 1.64. The molecule has 0 aliphatic rings. The molecule has 0 saturated carbocycles. The molecule has 0 bridgehead atoms. The SMILES string of the molecule is NC(=NO)c1ccc2cc(-c3cc(N)nc4ccccc34)sc2c1. The van der Waals surface area contributed by atoms with E-state index in [9.17, 15) is 0 Å². The smallest absolute Gasteiger partial charge is 0.170 e. The van der Waals surface area contributed by atoms with Crippen molar-refractivity contribution in [2.45, 2.75) is 0 Å². The highest BCUT2D eigenvalue weighted by atomic mass is 32.1. The molecule has 2 heterocycles. The lowest BCUT2D eigenvalue weighted by Gasteiger charge is -2.05. The standard InChI is InChI=1S/C18H14N4OS/c19-17-9-13(12-3-1-2-4-14(12)21-17)16-7-10-5-6-11(18(20)22-23)8-15(10)24-16/h1-9,23H,(H2,19,21)(H2,20,22). The van der Waals surface area contributed by atoms with E-state index in [1.165, 1.54) is 0 Å². The van der Waals surface area contributed by atoms with Crippen molar-refractivity contribution >= 4 is 44.0 Å². The van der Waals surface area contributed by atoms with Crippen molar-refractivity contribution in [3.05, 3.63) is 60.2 Å². The zero-order chi connectivity index (χ0) is 16.7. The number of hydrogen-bond acceptors (Lipinski definition) is 5. The van der Waals surface area contributed by atoms with Crippen LogP contribution in [0.4, 0.5) is 5.82 Å². The molecule has 0 fully saturated rings. The number of fused-ring (bicyclic) bond motifs is 2. The van der Waals surface area contributed by atoms with Crippen molar-refractivity contribution in [3.8, 4) is 10.4 Å². The number of para-hydroxylation sites is 1. The summed E-state index contributed by atoms with van der Waals surface area (Å²) in [6.07, 6.45) is 0. The zero-order valence-corrected chi connectivity index (χ0v) is 13.4. The van der Waals surface area contributed by atoms with Crippen LogP contribution in [0.3, 0.4) is 0 Å². The monoisotopic (exact) mass is 334 g/mol. The molecule has 0 spiro atoms. The third kappa shape index (κ3) is 2.33. The summed E-state index contributed by atoms with van der Waals surface area (Å²) in [5, 5.41) is 14.1. The van der Waals surface area contributed by atoms with Crippen LogP contribution in [0.1, 0.15) is 5.56 Å². The molecular formula is C18H14N4OS. The molecule has 5 N–H and O–H groups in total. The van der Waals surface area contributed by atoms with E-state index in [0.717, 1.165) is 31.4 Å². The van der Waals surface area contributed by atoms with Crippen molar-refractivity contribution < 1.29 is 5.21 Å². The lowest BCUT2D eigenvalue weighted by atomic mass is 10.1. The minimum Gasteiger partial charge on any atom is -0.409 e. The van der Waals surface area contributed by atoms with Gasteiger partial charge in [-0.3, -0.25) is 0 Å². The molecule has 0 amide bonds. The molecule has 2 aromatic carbocycles. The lowest BCUT2D eigenvalue weighted by molar-refractivity contribution is 0.318. The van der Waals surface area contributed by atoms with Gasteiger partial charge in [-0.1, -0.05) is 35.5 Å². The molecular weight excluding hydrogens is 320 g/mol. The lowest BCUT2D eigenvalue weighted by Crippen LogP contribution is -2.12. The van der Waals surface area contributed by atoms with Crippen molar-refractivity contribution in [1.29, 1.82) is 0 Å². The third-order valence-electron chi connectivity index (χ3n) is 3.93. The first-order valence-corrected chi connectivity index (χ1v) is 8.14. The summed E-state index contributed by atoms with van der Waals surface area (Å²) in [5.74, 6) is 0.601. The number of amidine groups is 1. The van der Waals surface area contributed by atoms with Crippen molar-refractivity contribution in [2.75, 3.05) is 5.73 Å². The number of nitrogens with zero attached hydrogens (tertiary/aromatic N) is 2. The van der Waals surface area contributed by atoms with E-state index in [1.807, 2.05) is 48.5 Å². The number of pyridine rings is 1. The molecule has 4 aromatic rings. The number of benzene rings is 2. The Balaban J connectivity index is 1.94. The van der Waals surface area contributed by atoms with E-state index in [0.29, 0.717) is 11.4 Å². The fourth-order valence-electron chi connectivity index (χ4n) is 2.78. The zero-order valence-electron chi connectivity index (χ0n) is 12.6. The van der Waals surface area contributed by atoms with Gasteiger partial charge in [0.25, 0.3) is 0 Å². The van der Waals surface area contributed by atoms with Crippen molar-refractivity contribution in [2.24, 2.45) is 10.9 Å². The van der Waals surface area contributed by atoms with Gasteiger partial charge in [0, 0.05) is 26.1 Å². The fraction of sp³-hybridized carbons (Fsp3) is 0. The van der Waals surface area contributed by atoms with Crippen LogP contribution in [0.15, 0.2) is 59.8 Å². The Morgan fingerprint density at radius 1 is 1.08 bits per heavy atom. The summed E-state index contributed by atoms with van der Waals surface area (Å²) in [6, 6.07) is 17.7. The summed E-state index contributed by atoms with van der Waals surface area (Å²) in [7, 11) is 0. The maximum atomic E-state index is 8.84. The van der Waals surface area contributed by atoms with Gasteiger partial charge in [-0.15, -0.1) is 11.3 Å². The number of oxime groups is 1. The summed E-state index contributed by atoms with van der Waals surface area (Å²) in [5.41, 5.74) is 14.3. The van der Waals surface area contributed by atoms with E-state index >= 15 is 0 Å². The highest BCUT2D eigenvalue weighted by Gasteiger charge is 2.11. The number of rotatable bonds is 2. The van der Waals surface area contributed by atoms with Gasteiger partial charge in [0.2, 0.25) is 0 Å². The number of nitrogens with two attached hydrogens (primary N) is 2. The number of hydrogen-bond donors (Lipinski definition) is 3. The van der Waals surface area contributed by atoms with E-state index in [1.54, 1.807) is 11.3 Å². The molecule has 2 aromatic heterocycles. The fourth-order valence-corrected chi connectivity index (χ4v) is 3.91. The molecule has 4 rings (SSSR count). The molecule has 0 unspecified atom stereocenters. The predicted molar refractivity (Wildman–Crippen MR) is 99.5 cm³/mol. The second-order valence-electron chi connectivity index (χ2n) is 5.46. The first-order chi connectivity index (χ1) is 11.7. The van der Waals surface area contributed by atoms with Gasteiger partial charge < -0.3 is 16.7 Å². The van der Waals surface area contributed by atoms with Crippen molar-refractivity contribution in [3.63, 3.8) is 0 Å². The Hall–Kier alpha value is -3.12. The van der Waals surface area contributed by atoms with Crippen LogP contribution in [0.25, 0.3) is 31.4 Å². The van der Waals surface area contributed by atoms with Crippen LogP contribution >= 0.6 is 11.3 Å². The Bertz CT molecular complexity index is 1100. The van der Waals surface area contributed by atoms with Crippen LogP contribution < -0.4 is 11.5 Å². The molecule has 5 nitrogen and oxygen atoms in total. The van der Waals surface area contributed by atoms with E-state index < -0.39 is 0 Å². The number of nitrogen functional groups attached to an aromatic ring is 1. The number of aromatic nitrogens is 1. The number of anilines is 1. The molecule has 0 saturated heterocycles. The Kier molecular flexibility index (Phi) is 3.32. The second-order valence-corrected chi connectivity index (χ2v) is 6.54. The van der Waals surface area contributed by atoms with Gasteiger partial charge in [0.05, 0.1) is 5.52 Å². The summed E-state index contributed by atoms with van der Waals surface area (Å²) < 4.78 is 1.06. The summed E-state index contributed by atoms with van der Waals surface area (Å²) in [4.78, 5) is 5.49. The van der Waals surface area contributed by atoms with Gasteiger partial charge in [-0.2, -0.15) is 0 Å². The largest absolute Gasteiger partial charge is 0.409 e. The topological polar surface area (TPSA) is 97.5 Å². The first-order valence-electron chi connectivity index (χ1n) is 7.33. The predicted octanol–water partition coefficient (Wildman–Crippen LogP) is 3.79. The highest BCUT2D eigenvalue weighted by Crippen LogP contribution is 2.37. The highest BCUT2D eigenvalue weighted by molar-refractivity contribution is 7.22. The first kappa shape index (κ1) is 14.5. The van der Waals surface area contributed by atoms with Crippen LogP contribution in [-0.4, -0.2) is 16.0 Å². The normalized spacial score (nSPS) is 12.1. The Morgan fingerprint density at radius 3 is 2.75 bits per heavy atom. The molecule has 0 atom stereocenters. The molecule has 0 radical (unpaired) electrons. The van der Waals surface area contributed by atoms with Gasteiger partial charge in [-0.05, 0) is 29.7 Å². The van der Waals surface area contributed by atoms with Gasteiger partial charge in [0.1, 0.15) is 5.82 Å². The minimum absolute atomic E-state index is 0.102. The van der Waals surface area contributed by atoms with Crippen LogP contribution in [-0.2, 0) is 0 Å².